The van der Waals surface area contributed by atoms with Gasteiger partial charge >= 0.3 is 11.9 Å². The Kier molecular flexibility index (Phi) is 8.33. The van der Waals surface area contributed by atoms with Crippen molar-refractivity contribution >= 4 is 11.9 Å². The van der Waals surface area contributed by atoms with Crippen LogP contribution in [0.15, 0.2) is 41.2 Å². The third-order valence-electron chi connectivity index (χ3n) is 5.32. The van der Waals surface area contributed by atoms with Crippen LogP contribution >= 0.6 is 0 Å². The van der Waals surface area contributed by atoms with Crippen molar-refractivity contribution in [2.24, 2.45) is 0 Å². The highest BCUT2D eigenvalue weighted by Gasteiger charge is 2.16. The molecule has 0 aliphatic rings. The minimum atomic E-state index is -1.15. The number of esters is 1. The third kappa shape index (κ3) is 6.77. The first-order valence-electron chi connectivity index (χ1n) is 11.0. The summed E-state index contributed by atoms with van der Waals surface area (Å²) in [6, 6.07) is 12.3. The van der Waals surface area contributed by atoms with Gasteiger partial charge in [0, 0.05) is 12.0 Å². The maximum absolute atomic E-state index is 14.7. The molecular weight excluding hydrogens is 483 g/mol. The van der Waals surface area contributed by atoms with E-state index in [4.69, 9.17) is 14.6 Å². The number of ether oxygens (including phenoxy) is 2. The van der Waals surface area contributed by atoms with Gasteiger partial charge in [0.25, 0.3) is 5.56 Å². The summed E-state index contributed by atoms with van der Waals surface area (Å²) in [6.45, 7) is 2.72. The fraction of sp³-hybridized carbons (Fsp3) is 0.231. The second-order valence-corrected chi connectivity index (χ2v) is 8.07. The molecule has 2 aromatic carbocycles. The molecule has 0 aliphatic heterocycles. The van der Waals surface area contributed by atoms with Crippen LogP contribution in [0.2, 0.25) is 0 Å². The normalized spacial score (nSPS) is 10.3. The van der Waals surface area contributed by atoms with Crippen LogP contribution in [0.3, 0.4) is 0 Å². The molecule has 0 spiro atoms. The Balaban J connectivity index is 1.86. The maximum atomic E-state index is 14.7. The monoisotopic (exact) mass is 504 g/mol. The van der Waals surface area contributed by atoms with Gasteiger partial charge in [-0.3, -0.25) is 14.4 Å². The summed E-state index contributed by atoms with van der Waals surface area (Å²) in [5.74, 6) is -2.54. The summed E-state index contributed by atoms with van der Waals surface area (Å²) in [5, 5.41) is 31.2. The smallest absolute Gasteiger partial charge is 0.308 e. The summed E-state index contributed by atoms with van der Waals surface area (Å²) in [7, 11) is 0. The van der Waals surface area contributed by atoms with E-state index in [-0.39, 0.29) is 35.5 Å². The van der Waals surface area contributed by atoms with E-state index in [1.807, 2.05) is 12.1 Å². The van der Waals surface area contributed by atoms with Crippen LogP contribution in [-0.2, 0) is 27.5 Å². The quantitative estimate of drug-likeness (QED) is 0.431. The number of hydrogen-bond acceptors (Lipinski definition) is 8. The van der Waals surface area contributed by atoms with Crippen molar-refractivity contribution < 1.29 is 28.6 Å². The lowest BCUT2D eigenvalue weighted by molar-refractivity contribution is -0.151. The predicted molar refractivity (Wildman–Crippen MR) is 126 cm³/mol. The number of aryl methyl sites for hydroxylation is 1. The summed E-state index contributed by atoms with van der Waals surface area (Å²) < 4.78 is 26.3. The Bertz CT molecular complexity index is 1480. The molecule has 37 heavy (non-hydrogen) atoms. The van der Waals surface area contributed by atoms with Gasteiger partial charge in [-0.1, -0.05) is 6.07 Å². The van der Waals surface area contributed by atoms with E-state index in [0.717, 1.165) is 4.68 Å². The third-order valence-corrected chi connectivity index (χ3v) is 5.32. The van der Waals surface area contributed by atoms with Gasteiger partial charge in [0.2, 0.25) is 0 Å². The topological polar surface area (TPSA) is 155 Å². The van der Waals surface area contributed by atoms with Gasteiger partial charge in [0.15, 0.2) is 18.3 Å². The zero-order chi connectivity index (χ0) is 27.1. The van der Waals surface area contributed by atoms with E-state index in [9.17, 15) is 29.3 Å². The summed E-state index contributed by atoms with van der Waals surface area (Å²) in [5.41, 5.74) is 1.72. The van der Waals surface area contributed by atoms with Crippen molar-refractivity contribution in [3.63, 3.8) is 0 Å². The molecule has 0 aliphatic carbocycles. The molecule has 0 radical (unpaired) electrons. The number of nitrogens with zero attached hydrogens (tertiary/aromatic N) is 4. The van der Waals surface area contributed by atoms with Crippen LogP contribution in [0.5, 0.6) is 11.5 Å². The zero-order valence-corrected chi connectivity index (χ0v) is 19.9. The number of carboxylic acids is 1. The first-order chi connectivity index (χ1) is 17.6. The Morgan fingerprint density at radius 2 is 1.76 bits per heavy atom. The lowest BCUT2D eigenvalue weighted by Crippen LogP contribution is -2.28. The number of aliphatic carboxylic acids is 1. The summed E-state index contributed by atoms with van der Waals surface area (Å²) in [4.78, 5) is 34.7. The van der Waals surface area contributed by atoms with E-state index in [2.05, 4.69) is 5.10 Å². The Morgan fingerprint density at radius 1 is 1.08 bits per heavy atom. The molecule has 0 saturated heterocycles. The zero-order valence-electron chi connectivity index (χ0n) is 19.9. The van der Waals surface area contributed by atoms with Crippen LogP contribution in [0.4, 0.5) is 4.39 Å². The molecule has 10 nitrogen and oxygen atoms in total. The molecule has 0 amide bonds. The highest BCUT2D eigenvalue weighted by Crippen LogP contribution is 2.32. The second kappa shape index (κ2) is 11.6. The maximum Gasteiger partial charge on any atom is 0.308 e. The van der Waals surface area contributed by atoms with E-state index in [1.54, 1.807) is 26.0 Å². The van der Waals surface area contributed by atoms with Crippen molar-refractivity contribution in [2.75, 3.05) is 0 Å². The highest BCUT2D eigenvalue weighted by atomic mass is 19.1. The molecule has 3 rings (SSSR count). The number of hydrogen-bond donors (Lipinski definition) is 1. The minimum Gasteiger partial charge on any atom is -0.481 e. The van der Waals surface area contributed by atoms with Crippen molar-refractivity contribution in [2.45, 2.75) is 39.8 Å². The molecule has 1 aromatic heterocycles. The van der Waals surface area contributed by atoms with E-state index in [1.165, 1.54) is 24.3 Å². The van der Waals surface area contributed by atoms with Gasteiger partial charge in [-0.25, -0.2) is 4.39 Å². The van der Waals surface area contributed by atoms with Crippen LogP contribution in [0.1, 0.15) is 46.4 Å². The summed E-state index contributed by atoms with van der Waals surface area (Å²) in [6.07, 6.45) is -0.557. The van der Waals surface area contributed by atoms with Gasteiger partial charge < -0.3 is 14.6 Å². The molecule has 1 N–H and O–H groups in total. The van der Waals surface area contributed by atoms with Gasteiger partial charge in [-0.2, -0.15) is 20.3 Å². The number of nitriles is 2. The molecule has 3 aromatic rings. The molecule has 0 bridgehead atoms. The number of carbonyl (C=O) groups excluding carboxylic acids is 1. The van der Waals surface area contributed by atoms with Crippen molar-refractivity contribution in [3.05, 3.63) is 86.1 Å². The van der Waals surface area contributed by atoms with Crippen LogP contribution in [0, 0.1) is 42.3 Å². The van der Waals surface area contributed by atoms with Gasteiger partial charge in [-0.15, -0.1) is 0 Å². The number of aromatic nitrogens is 2. The SMILES string of the molecule is Cc1c(Cc2cc(C)c(=O)n(COC(=O)CCC(=O)O)n2)ccc(F)c1Oc1cc(C#N)cc(C#N)c1. The average molecular weight is 504 g/mol. The fourth-order valence-electron chi connectivity index (χ4n) is 3.45. The first kappa shape index (κ1) is 26.6. The highest BCUT2D eigenvalue weighted by molar-refractivity contribution is 5.76. The van der Waals surface area contributed by atoms with Crippen LogP contribution in [0.25, 0.3) is 0 Å². The molecule has 0 fully saturated rings. The second-order valence-electron chi connectivity index (χ2n) is 8.07. The van der Waals surface area contributed by atoms with Crippen molar-refractivity contribution in [3.8, 4) is 23.6 Å². The number of halogens is 1. The molecule has 11 heteroatoms. The fourth-order valence-corrected chi connectivity index (χ4v) is 3.45. The van der Waals surface area contributed by atoms with Gasteiger partial charge in [0.1, 0.15) is 5.75 Å². The van der Waals surface area contributed by atoms with E-state index < -0.39 is 36.5 Å². The molecule has 1 heterocycles. The Labute approximate surface area is 210 Å². The van der Waals surface area contributed by atoms with Crippen molar-refractivity contribution in [1.29, 1.82) is 10.5 Å². The standard InChI is InChI=1S/C26H21FN4O6/c1-15-7-20(30-31(26(15)35)14-36-24(34)6-5-23(32)33)11-19-3-4-22(27)25(16(19)2)37-21-9-17(12-28)8-18(10-21)13-29/h3-4,7-10H,5-6,11,14H2,1-2H3,(H,32,33). The number of benzene rings is 2. The van der Waals surface area contributed by atoms with Gasteiger partial charge in [0.05, 0.1) is 41.8 Å². The minimum absolute atomic E-state index is 0.0890. The Hall–Kier alpha value is -5.03. The molecule has 0 atom stereocenters. The van der Waals surface area contributed by atoms with E-state index >= 15 is 0 Å². The van der Waals surface area contributed by atoms with E-state index in [0.29, 0.717) is 22.4 Å². The average Bonchev–Trinajstić information content (AvgIpc) is 2.87. The Morgan fingerprint density at radius 3 is 2.38 bits per heavy atom. The molecule has 0 saturated carbocycles. The molecule has 188 valence electrons. The predicted octanol–water partition coefficient (Wildman–Crippen LogP) is 3.49. The summed E-state index contributed by atoms with van der Waals surface area (Å²) >= 11 is 0. The van der Waals surface area contributed by atoms with Crippen LogP contribution in [-0.4, -0.2) is 26.8 Å². The van der Waals surface area contributed by atoms with Gasteiger partial charge in [-0.05, 0) is 55.3 Å². The van der Waals surface area contributed by atoms with Crippen LogP contribution < -0.4 is 10.3 Å². The molecular formula is C26H21FN4O6. The largest absolute Gasteiger partial charge is 0.481 e. The number of carbonyl (C=O) groups is 2. The number of carboxylic acid groups (broad SMARTS) is 1. The van der Waals surface area contributed by atoms with Crippen molar-refractivity contribution in [1.82, 2.24) is 9.78 Å². The molecule has 0 unspecified atom stereocenters. The lowest BCUT2D eigenvalue weighted by atomic mass is 10.0. The first-order valence-corrected chi connectivity index (χ1v) is 11.0. The lowest BCUT2D eigenvalue weighted by Gasteiger charge is -2.15. The number of rotatable bonds is 9.